The third-order valence-electron chi connectivity index (χ3n) is 2.09. The molecular weight excluding hydrogens is 374 g/mol. The van der Waals surface area contributed by atoms with E-state index in [1.165, 1.54) is 11.3 Å². The molecule has 1 unspecified atom stereocenters. The van der Waals surface area contributed by atoms with Crippen LogP contribution < -0.4 is 0 Å². The van der Waals surface area contributed by atoms with Crippen LogP contribution >= 0.6 is 44.3 Å². The third kappa shape index (κ3) is 1.84. The number of aryl methyl sites for hydroxylation is 1. The molecule has 1 atom stereocenters. The molecule has 0 saturated carbocycles. The van der Waals surface area contributed by atoms with Crippen LogP contribution in [-0.4, -0.2) is 9.32 Å². The molecule has 1 heterocycles. The first-order valence-electron chi connectivity index (χ1n) is 4.29. The summed E-state index contributed by atoms with van der Waals surface area (Å²) < 4.78 is 3.37. The lowest BCUT2D eigenvalue weighted by Crippen LogP contribution is -1.89. The van der Waals surface area contributed by atoms with Crippen LogP contribution in [0.4, 0.5) is 0 Å². The summed E-state index contributed by atoms with van der Waals surface area (Å²) in [6.07, 6.45) is 1.71. The van der Waals surface area contributed by atoms with E-state index in [4.69, 9.17) is 0 Å². The first-order chi connectivity index (χ1) is 6.76. The van der Waals surface area contributed by atoms with Crippen molar-refractivity contribution in [2.24, 2.45) is 0 Å². The predicted octanol–water partition coefficient (Wildman–Crippen LogP) is 4.15. The number of rotatable bonds is 2. The van der Waals surface area contributed by atoms with Gasteiger partial charge in [0.05, 0.1) is 11.0 Å². The SMILES string of the molecule is CCc1nc2cc(Br)ccc2n1PI. The Morgan fingerprint density at radius 3 is 3.00 bits per heavy atom. The summed E-state index contributed by atoms with van der Waals surface area (Å²) in [5.41, 5.74) is 2.32. The van der Waals surface area contributed by atoms with Gasteiger partial charge in [-0.05, 0) is 40.2 Å². The van der Waals surface area contributed by atoms with Gasteiger partial charge in [0.25, 0.3) is 0 Å². The number of nitrogens with zero attached hydrogens (tertiary/aromatic N) is 2. The minimum atomic E-state index is 0.720. The van der Waals surface area contributed by atoms with Crippen molar-refractivity contribution in [2.45, 2.75) is 13.3 Å². The Morgan fingerprint density at radius 2 is 2.36 bits per heavy atom. The second kappa shape index (κ2) is 4.45. The highest BCUT2D eigenvalue weighted by molar-refractivity contribution is 14.2. The second-order valence-electron chi connectivity index (χ2n) is 2.93. The maximum Gasteiger partial charge on any atom is 0.113 e. The minimum Gasteiger partial charge on any atom is -0.299 e. The molecule has 0 aliphatic carbocycles. The van der Waals surface area contributed by atoms with Gasteiger partial charge >= 0.3 is 0 Å². The van der Waals surface area contributed by atoms with Gasteiger partial charge in [-0.15, -0.1) is 0 Å². The van der Waals surface area contributed by atoms with Crippen LogP contribution in [0.15, 0.2) is 22.7 Å². The van der Waals surface area contributed by atoms with Gasteiger partial charge in [-0.25, -0.2) is 4.98 Å². The number of aromatic nitrogens is 2. The van der Waals surface area contributed by atoms with Crippen molar-refractivity contribution >= 4 is 55.4 Å². The Bertz CT molecular complexity index is 469. The van der Waals surface area contributed by atoms with Crippen LogP contribution in [0.3, 0.4) is 0 Å². The molecule has 5 heteroatoms. The number of hydrogen-bond donors (Lipinski definition) is 0. The molecule has 2 aromatic rings. The fourth-order valence-corrected chi connectivity index (χ4v) is 3.98. The highest BCUT2D eigenvalue weighted by atomic mass is 127. The van der Waals surface area contributed by atoms with E-state index >= 15 is 0 Å². The summed E-state index contributed by atoms with van der Waals surface area (Å²) in [5.74, 6) is 1.17. The van der Waals surface area contributed by atoms with Crippen LogP contribution in [0, 0.1) is 0 Å². The monoisotopic (exact) mass is 382 g/mol. The number of halogens is 2. The van der Waals surface area contributed by atoms with Crippen molar-refractivity contribution < 1.29 is 0 Å². The zero-order valence-corrected chi connectivity index (χ0v) is 12.3. The largest absolute Gasteiger partial charge is 0.299 e. The molecule has 0 aliphatic heterocycles. The van der Waals surface area contributed by atoms with E-state index in [9.17, 15) is 0 Å². The molecule has 74 valence electrons. The van der Waals surface area contributed by atoms with Gasteiger partial charge in [0.15, 0.2) is 0 Å². The lowest BCUT2D eigenvalue weighted by molar-refractivity contribution is 0.972. The maximum atomic E-state index is 4.60. The minimum absolute atomic E-state index is 0.720. The van der Waals surface area contributed by atoms with Crippen molar-refractivity contribution in [3.05, 3.63) is 28.5 Å². The summed E-state index contributed by atoms with van der Waals surface area (Å²) in [4.78, 5) is 4.60. The molecule has 0 N–H and O–H groups in total. The lowest BCUT2D eigenvalue weighted by atomic mass is 10.3. The van der Waals surface area contributed by atoms with Crippen LogP contribution in [-0.2, 0) is 6.42 Å². The summed E-state index contributed by atoms with van der Waals surface area (Å²) in [6, 6.07) is 6.26. The van der Waals surface area contributed by atoms with Crippen molar-refractivity contribution in [1.82, 2.24) is 9.32 Å². The zero-order chi connectivity index (χ0) is 10.1. The Kier molecular flexibility index (Phi) is 3.45. The molecule has 2 rings (SSSR count). The average molecular weight is 383 g/mol. The first-order valence-corrected chi connectivity index (χ1v) is 9.15. The summed E-state index contributed by atoms with van der Waals surface area (Å²) in [6.45, 7) is 2.14. The fraction of sp³-hybridized carbons (Fsp3) is 0.222. The predicted molar refractivity (Wildman–Crippen MR) is 74.5 cm³/mol. The Hall–Kier alpha value is 0.330. The van der Waals surface area contributed by atoms with Gasteiger partial charge < -0.3 is 0 Å². The van der Waals surface area contributed by atoms with Gasteiger partial charge in [0.1, 0.15) is 5.82 Å². The van der Waals surface area contributed by atoms with Crippen LogP contribution in [0.5, 0.6) is 0 Å². The molecule has 0 spiro atoms. The van der Waals surface area contributed by atoms with E-state index in [1.54, 1.807) is 0 Å². The molecule has 0 amide bonds. The highest BCUT2D eigenvalue weighted by Gasteiger charge is 2.07. The Labute approximate surface area is 106 Å². The smallest absolute Gasteiger partial charge is 0.113 e. The quantitative estimate of drug-likeness (QED) is 0.563. The van der Waals surface area contributed by atoms with Gasteiger partial charge in [-0.1, -0.05) is 22.9 Å². The molecule has 2 nitrogen and oxygen atoms in total. The van der Waals surface area contributed by atoms with Crippen molar-refractivity contribution in [2.75, 3.05) is 0 Å². The molecule has 14 heavy (non-hydrogen) atoms. The molecule has 0 radical (unpaired) electrons. The van der Waals surface area contributed by atoms with E-state index in [0.717, 1.165) is 22.8 Å². The highest BCUT2D eigenvalue weighted by Crippen LogP contribution is 2.32. The molecule has 0 fully saturated rings. The molecule has 1 aromatic carbocycles. The van der Waals surface area contributed by atoms with Crippen molar-refractivity contribution in [3.63, 3.8) is 0 Å². The molecule has 0 saturated heterocycles. The topological polar surface area (TPSA) is 17.8 Å². The third-order valence-corrected chi connectivity index (χ3v) is 4.70. The number of hydrogen-bond acceptors (Lipinski definition) is 1. The Balaban J connectivity index is 2.73. The van der Waals surface area contributed by atoms with E-state index in [2.05, 4.69) is 72.4 Å². The van der Waals surface area contributed by atoms with Crippen molar-refractivity contribution in [1.29, 1.82) is 0 Å². The van der Waals surface area contributed by atoms with E-state index in [0.29, 0.717) is 0 Å². The molecule has 1 aromatic heterocycles. The number of imidazole rings is 1. The average Bonchev–Trinajstić information content (AvgIpc) is 2.54. The molecule has 0 aliphatic rings. The molecular formula is C9H9BrIN2P. The van der Waals surface area contributed by atoms with Crippen LogP contribution in [0.2, 0.25) is 0 Å². The summed E-state index contributed by atoms with van der Waals surface area (Å²) in [5, 5.41) is 0. The van der Waals surface area contributed by atoms with E-state index in [-0.39, 0.29) is 0 Å². The lowest BCUT2D eigenvalue weighted by Gasteiger charge is -2.01. The summed E-state index contributed by atoms with van der Waals surface area (Å²) in [7, 11) is 0. The standard InChI is InChI=1S/C9H9BrIN2P/c1-2-9-12-7-5-6(10)3-4-8(7)13(9)14-11/h3-5,14H,2H2,1H3. The van der Waals surface area contributed by atoms with Gasteiger partial charge in [-0.2, -0.15) is 0 Å². The second-order valence-corrected chi connectivity index (χ2v) is 5.91. The number of fused-ring (bicyclic) bond motifs is 1. The zero-order valence-electron chi connectivity index (χ0n) is 7.59. The summed E-state index contributed by atoms with van der Waals surface area (Å²) >= 11 is 5.86. The van der Waals surface area contributed by atoms with Crippen molar-refractivity contribution in [3.8, 4) is 0 Å². The van der Waals surface area contributed by atoms with Gasteiger partial charge in [0.2, 0.25) is 0 Å². The van der Waals surface area contributed by atoms with Gasteiger partial charge in [-0.3, -0.25) is 4.34 Å². The number of benzene rings is 1. The fourth-order valence-electron chi connectivity index (χ4n) is 1.43. The van der Waals surface area contributed by atoms with Crippen LogP contribution in [0.25, 0.3) is 11.0 Å². The normalized spacial score (nSPS) is 11.9. The molecule has 0 bridgehead atoms. The first kappa shape index (κ1) is 10.8. The maximum absolute atomic E-state index is 4.60. The van der Waals surface area contributed by atoms with E-state index in [1.807, 2.05) is 0 Å². The van der Waals surface area contributed by atoms with Crippen LogP contribution in [0.1, 0.15) is 12.7 Å². The van der Waals surface area contributed by atoms with E-state index < -0.39 is 0 Å². The van der Waals surface area contributed by atoms with Gasteiger partial charge in [0, 0.05) is 17.3 Å². The Morgan fingerprint density at radius 1 is 1.57 bits per heavy atom.